The number of hydrogen-bond acceptors (Lipinski definition) is 6. The van der Waals surface area contributed by atoms with Crippen LogP contribution in [0, 0.1) is 5.82 Å². The van der Waals surface area contributed by atoms with Gasteiger partial charge in [-0.3, -0.25) is 19.3 Å². The minimum Gasteiger partial charge on any atom is -0.465 e. The molecule has 1 heterocycles. The predicted octanol–water partition coefficient (Wildman–Crippen LogP) is 1.82. The van der Waals surface area contributed by atoms with Gasteiger partial charge in [0.2, 0.25) is 0 Å². The third-order valence-corrected chi connectivity index (χ3v) is 3.64. The van der Waals surface area contributed by atoms with E-state index < -0.39 is 34.9 Å². The van der Waals surface area contributed by atoms with Gasteiger partial charge >= 0.3 is 5.97 Å². The highest BCUT2D eigenvalue weighted by atomic mass is 32.2. The summed E-state index contributed by atoms with van der Waals surface area (Å²) in [5.41, 5.74) is 0.507. The highest BCUT2D eigenvalue weighted by Gasteiger charge is 2.40. The molecule has 2 amide bonds. The molecule has 1 aliphatic heterocycles. The number of nitrogens with zero attached hydrogens (tertiary/aromatic N) is 1. The third kappa shape index (κ3) is 3.72. The van der Waals surface area contributed by atoms with E-state index in [9.17, 15) is 18.8 Å². The molecular weight excluding hydrogens is 299 g/mol. The number of rotatable bonds is 5. The van der Waals surface area contributed by atoms with Crippen LogP contribution < -0.4 is 5.32 Å². The Labute approximate surface area is 124 Å². The number of esters is 1. The Morgan fingerprint density at radius 1 is 1.38 bits per heavy atom. The quantitative estimate of drug-likeness (QED) is 0.836. The maximum atomic E-state index is 12.8. The van der Waals surface area contributed by atoms with Gasteiger partial charge < -0.3 is 10.1 Å². The highest BCUT2D eigenvalue weighted by molar-refractivity contribution is 8.15. The van der Waals surface area contributed by atoms with Crippen molar-refractivity contribution < 1.29 is 23.5 Å². The van der Waals surface area contributed by atoms with Crippen LogP contribution in [0.1, 0.15) is 6.92 Å². The number of benzene rings is 1. The molecule has 1 saturated heterocycles. The fraction of sp³-hybridized carbons (Fsp3) is 0.308. The standard InChI is InChI=1S/C13H13FN2O4S/c1-2-20-10(17)7-16-12(18)11(21-13(16)19)15-9-5-3-8(14)4-6-9/h3-6,11,15H,2,7H2,1H3. The summed E-state index contributed by atoms with van der Waals surface area (Å²) in [7, 11) is 0. The van der Waals surface area contributed by atoms with E-state index in [4.69, 9.17) is 4.74 Å². The molecule has 0 spiro atoms. The Bertz CT molecular complexity index is 564. The molecule has 1 aliphatic rings. The van der Waals surface area contributed by atoms with E-state index in [0.717, 1.165) is 16.7 Å². The lowest BCUT2D eigenvalue weighted by Crippen LogP contribution is -2.38. The van der Waals surface area contributed by atoms with E-state index in [1.165, 1.54) is 24.3 Å². The van der Waals surface area contributed by atoms with E-state index in [-0.39, 0.29) is 6.61 Å². The summed E-state index contributed by atoms with van der Waals surface area (Å²) in [5.74, 6) is -1.56. The average Bonchev–Trinajstić information content (AvgIpc) is 2.69. The average molecular weight is 312 g/mol. The normalized spacial score (nSPS) is 18.0. The summed E-state index contributed by atoms with van der Waals surface area (Å²) in [4.78, 5) is 36.0. The van der Waals surface area contributed by atoms with Crippen molar-refractivity contribution in [1.29, 1.82) is 0 Å². The predicted molar refractivity (Wildman–Crippen MR) is 75.1 cm³/mol. The zero-order valence-electron chi connectivity index (χ0n) is 11.2. The number of anilines is 1. The maximum Gasteiger partial charge on any atom is 0.326 e. The van der Waals surface area contributed by atoms with Crippen molar-refractivity contribution in [3.63, 3.8) is 0 Å². The van der Waals surface area contributed by atoms with Crippen molar-refractivity contribution in [2.75, 3.05) is 18.5 Å². The molecule has 0 radical (unpaired) electrons. The van der Waals surface area contributed by atoms with E-state index in [0.29, 0.717) is 5.69 Å². The fourth-order valence-corrected chi connectivity index (χ4v) is 2.62. The van der Waals surface area contributed by atoms with Gasteiger partial charge in [-0.15, -0.1) is 0 Å². The van der Waals surface area contributed by atoms with Gasteiger partial charge in [-0.2, -0.15) is 0 Å². The number of hydrogen-bond donors (Lipinski definition) is 1. The Hall–Kier alpha value is -2.09. The molecule has 1 unspecified atom stereocenters. The number of amides is 2. The van der Waals surface area contributed by atoms with Gasteiger partial charge in [0.1, 0.15) is 12.4 Å². The summed E-state index contributed by atoms with van der Waals surface area (Å²) in [6.45, 7) is 1.42. The maximum absolute atomic E-state index is 12.8. The highest BCUT2D eigenvalue weighted by Crippen LogP contribution is 2.28. The molecule has 21 heavy (non-hydrogen) atoms. The number of ether oxygens (including phenoxy) is 1. The van der Waals surface area contributed by atoms with Crippen molar-refractivity contribution in [3.8, 4) is 0 Å². The topological polar surface area (TPSA) is 75.7 Å². The molecular formula is C13H13FN2O4S. The molecule has 8 heteroatoms. The molecule has 1 fully saturated rings. The van der Waals surface area contributed by atoms with Crippen LogP contribution in [0.15, 0.2) is 24.3 Å². The van der Waals surface area contributed by atoms with Crippen LogP contribution in [0.5, 0.6) is 0 Å². The van der Waals surface area contributed by atoms with Crippen LogP contribution >= 0.6 is 11.8 Å². The molecule has 6 nitrogen and oxygen atoms in total. The monoisotopic (exact) mass is 312 g/mol. The first kappa shape index (κ1) is 15.3. The van der Waals surface area contributed by atoms with Gasteiger partial charge in [-0.1, -0.05) is 0 Å². The lowest BCUT2D eigenvalue weighted by atomic mass is 10.3. The van der Waals surface area contributed by atoms with Crippen molar-refractivity contribution >= 4 is 34.6 Å². The van der Waals surface area contributed by atoms with Crippen LogP contribution in [-0.4, -0.2) is 40.5 Å². The smallest absolute Gasteiger partial charge is 0.326 e. The zero-order valence-corrected chi connectivity index (χ0v) is 12.0. The third-order valence-electron chi connectivity index (χ3n) is 2.66. The summed E-state index contributed by atoms with van der Waals surface area (Å²) in [6.07, 6.45) is 0. The molecule has 1 N–H and O–H groups in total. The van der Waals surface area contributed by atoms with Crippen molar-refractivity contribution in [2.45, 2.75) is 12.3 Å². The van der Waals surface area contributed by atoms with Crippen LogP contribution in [0.4, 0.5) is 14.9 Å². The second-order valence-electron chi connectivity index (χ2n) is 4.14. The Balaban J connectivity index is 2.00. The first-order valence-corrected chi connectivity index (χ1v) is 7.09. The summed E-state index contributed by atoms with van der Waals surface area (Å²) >= 11 is 0.766. The molecule has 0 saturated carbocycles. The number of nitrogens with one attached hydrogen (secondary N) is 1. The van der Waals surface area contributed by atoms with Crippen molar-refractivity contribution in [1.82, 2.24) is 4.90 Å². The number of thioether (sulfide) groups is 1. The van der Waals surface area contributed by atoms with Crippen LogP contribution in [0.2, 0.25) is 0 Å². The second-order valence-corrected chi connectivity index (χ2v) is 5.20. The lowest BCUT2D eigenvalue weighted by Gasteiger charge is -2.14. The minimum atomic E-state index is -0.836. The number of carbonyl (C=O) groups is 3. The summed E-state index contributed by atoms with van der Waals surface area (Å²) in [5, 5.41) is 1.46. The van der Waals surface area contributed by atoms with Crippen LogP contribution in [-0.2, 0) is 14.3 Å². The molecule has 0 aromatic heterocycles. The van der Waals surface area contributed by atoms with Gasteiger partial charge in [0.15, 0.2) is 5.37 Å². The molecule has 1 atom stereocenters. The Kier molecular flexibility index (Phi) is 4.79. The van der Waals surface area contributed by atoms with Gasteiger partial charge in [-0.05, 0) is 43.0 Å². The van der Waals surface area contributed by atoms with E-state index in [1.54, 1.807) is 6.92 Å². The number of imide groups is 1. The molecule has 0 bridgehead atoms. The SMILES string of the molecule is CCOC(=O)CN1C(=O)SC(Nc2ccc(F)cc2)C1=O. The Morgan fingerprint density at radius 2 is 2.05 bits per heavy atom. The summed E-state index contributed by atoms with van der Waals surface area (Å²) < 4.78 is 17.5. The van der Waals surface area contributed by atoms with Crippen molar-refractivity contribution in [2.24, 2.45) is 0 Å². The van der Waals surface area contributed by atoms with Gasteiger partial charge in [0.05, 0.1) is 6.61 Å². The molecule has 2 rings (SSSR count). The zero-order chi connectivity index (χ0) is 15.4. The Morgan fingerprint density at radius 3 is 2.67 bits per heavy atom. The van der Waals surface area contributed by atoms with Gasteiger partial charge in [-0.25, -0.2) is 4.39 Å². The van der Waals surface area contributed by atoms with Gasteiger partial charge in [0, 0.05) is 5.69 Å². The lowest BCUT2D eigenvalue weighted by molar-refractivity contribution is -0.146. The van der Waals surface area contributed by atoms with E-state index in [1.807, 2.05) is 0 Å². The van der Waals surface area contributed by atoms with Crippen LogP contribution in [0.3, 0.4) is 0 Å². The second kappa shape index (κ2) is 6.57. The number of carbonyl (C=O) groups excluding carboxylic acids is 3. The minimum absolute atomic E-state index is 0.180. The van der Waals surface area contributed by atoms with Crippen LogP contribution in [0.25, 0.3) is 0 Å². The largest absolute Gasteiger partial charge is 0.465 e. The van der Waals surface area contributed by atoms with Gasteiger partial charge in [0.25, 0.3) is 11.1 Å². The van der Waals surface area contributed by atoms with Crippen molar-refractivity contribution in [3.05, 3.63) is 30.1 Å². The molecule has 1 aromatic carbocycles. The number of halogens is 1. The van der Waals surface area contributed by atoms with E-state index >= 15 is 0 Å². The molecule has 1 aromatic rings. The summed E-state index contributed by atoms with van der Waals surface area (Å²) in [6, 6.07) is 5.40. The first-order valence-electron chi connectivity index (χ1n) is 6.21. The first-order chi connectivity index (χ1) is 10.0. The van der Waals surface area contributed by atoms with E-state index in [2.05, 4.69) is 5.32 Å². The fourth-order valence-electron chi connectivity index (χ4n) is 1.71. The molecule has 112 valence electrons. The molecule has 0 aliphatic carbocycles.